The number of hydrogen-bond donors (Lipinski definition) is 1. The predicted molar refractivity (Wildman–Crippen MR) is 75.7 cm³/mol. The molecule has 0 fully saturated rings. The zero-order valence-corrected chi connectivity index (χ0v) is 11.6. The van der Waals surface area contributed by atoms with E-state index in [1.807, 2.05) is 18.4 Å². The van der Waals surface area contributed by atoms with Crippen LogP contribution in [0.5, 0.6) is 0 Å². The van der Waals surface area contributed by atoms with Crippen LogP contribution in [-0.4, -0.2) is 23.1 Å². The Morgan fingerprint density at radius 2 is 1.63 bits per heavy atom. The van der Waals surface area contributed by atoms with E-state index in [1.165, 1.54) is 0 Å². The number of allylic oxidation sites excluding steroid dienone is 1. The lowest BCUT2D eigenvalue weighted by Crippen LogP contribution is -2.15. The summed E-state index contributed by atoms with van der Waals surface area (Å²) in [6.45, 7) is 0. The van der Waals surface area contributed by atoms with Gasteiger partial charge in [0.15, 0.2) is 5.78 Å². The monoisotopic (exact) mass is 276 g/mol. The molecule has 0 amide bonds. The van der Waals surface area contributed by atoms with Gasteiger partial charge in [-0.2, -0.15) is 0 Å². The summed E-state index contributed by atoms with van der Waals surface area (Å²) in [5.41, 5.74) is 1.36. The van der Waals surface area contributed by atoms with E-state index >= 15 is 0 Å². The van der Waals surface area contributed by atoms with Crippen LogP contribution in [0, 0.1) is 0 Å². The molecule has 4 heteroatoms. The highest BCUT2D eigenvalue weighted by Gasteiger charge is 2.24. The molecule has 0 unspecified atom stereocenters. The number of thioether (sulfide) groups is 1. The van der Waals surface area contributed by atoms with E-state index in [-0.39, 0.29) is 5.78 Å². The Hall–Kier alpha value is -1.55. The average molecular weight is 276 g/mol. The first kappa shape index (κ1) is 13.9. The van der Waals surface area contributed by atoms with Gasteiger partial charge in [-0.3, -0.25) is 4.79 Å². The van der Waals surface area contributed by atoms with Crippen LogP contribution in [0.2, 0.25) is 0 Å². The number of carbonyl (C=O) groups excluding carboxylic acids is 1. The van der Waals surface area contributed by atoms with Crippen LogP contribution < -0.4 is 0 Å². The fourth-order valence-electron chi connectivity index (χ4n) is 2.31. The molecular formula is C15H16O3S. The van der Waals surface area contributed by atoms with E-state index in [0.717, 1.165) is 17.7 Å². The van der Waals surface area contributed by atoms with Crippen LogP contribution in [-0.2, 0) is 4.79 Å². The first-order valence-electron chi connectivity index (χ1n) is 6.27. The van der Waals surface area contributed by atoms with Gasteiger partial charge >= 0.3 is 5.97 Å². The summed E-state index contributed by atoms with van der Waals surface area (Å²) in [5.74, 6) is -1.09. The highest BCUT2D eigenvalue weighted by molar-refractivity contribution is 7.98. The van der Waals surface area contributed by atoms with Crippen molar-refractivity contribution in [3.8, 4) is 0 Å². The summed E-state index contributed by atoms with van der Waals surface area (Å²) in [5, 5.41) is 9.17. The minimum Gasteiger partial charge on any atom is -0.478 e. The lowest BCUT2D eigenvalue weighted by atomic mass is 9.87. The second-order valence-electron chi connectivity index (χ2n) is 4.53. The van der Waals surface area contributed by atoms with Crippen molar-refractivity contribution in [1.82, 2.24) is 0 Å². The zero-order valence-electron chi connectivity index (χ0n) is 10.8. The van der Waals surface area contributed by atoms with Crippen molar-refractivity contribution in [3.63, 3.8) is 0 Å². The SMILES string of the molecule is CSc1ccc(C(=O)C2=C(C(=O)O)CCCC2)cc1. The van der Waals surface area contributed by atoms with E-state index in [4.69, 9.17) is 0 Å². The minimum absolute atomic E-state index is 0.134. The van der Waals surface area contributed by atoms with Crippen LogP contribution in [0.15, 0.2) is 40.3 Å². The average Bonchev–Trinajstić information content (AvgIpc) is 2.46. The third kappa shape index (κ3) is 3.07. The van der Waals surface area contributed by atoms with Gasteiger partial charge in [-0.05, 0) is 56.2 Å². The highest BCUT2D eigenvalue weighted by atomic mass is 32.2. The van der Waals surface area contributed by atoms with Crippen molar-refractivity contribution >= 4 is 23.5 Å². The fraction of sp³-hybridized carbons (Fsp3) is 0.333. The normalized spacial score (nSPS) is 15.4. The fourth-order valence-corrected chi connectivity index (χ4v) is 2.72. The van der Waals surface area contributed by atoms with Crippen LogP contribution in [0.25, 0.3) is 0 Å². The number of ketones is 1. The van der Waals surface area contributed by atoms with Gasteiger partial charge in [0.2, 0.25) is 0 Å². The number of Topliss-reactive ketones (excluding diaryl/α,β-unsaturated/α-hetero) is 1. The summed E-state index contributed by atoms with van der Waals surface area (Å²) in [4.78, 5) is 24.7. The molecule has 1 aliphatic carbocycles. The molecule has 2 rings (SSSR count). The summed E-state index contributed by atoms with van der Waals surface area (Å²) in [6, 6.07) is 7.33. The Bertz CT molecular complexity index is 529. The van der Waals surface area contributed by atoms with E-state index in [0.29, 0.717) is 29.6 Å². The summed E-state index contributed by atoms with van der Waals surface area (Å²) >= 11 is 1.61. The van der Waals surface area contributed by atoms with Gasteiger partial charge in [0.05, 0.1) is 0 Å². The molecule has 0 atom stereocenters. The minimum atomic E-state index is -0.955. The number of carboxylic acids is 1. The largest absolute Gasteiger partial charge is 0.478 e. The molecule has 3 nitrogen and oxygen atoms in total. The van der Waals surface area contributed by atoms with Crippen molar-refractivity contribution in [1.29, 1.82) is 0 Å². The smallest absolute Gasteiger partial charge is 0.331 e. The number of benzene rings is 1. The first-order valence-corrected chi connectivity index (χ1v) is 7.50. The Morgan fingerprint density at radius 1 is 1.05 bits per heavy atom. The molecular weight excluding hydrogens is 260 g/mol. The van der Waals surface area contributed by atoms with Gasteiger partial charge < -0.3 is 5.11 Å². The van der Waals surface area contributed by atoms with E-state index in [9.17, 15) is 14.7 Å². The third-order valence-corrected chi connectivity index (χ3v) is 4.10. The molecule has 1 aromatic carbocycles. The summed E-state index contributed by atoms with van der Waals surface area (Å²) in [7, 11) is 0. The van der Waals surface area contributed by atoms with Crippen molar-refractivity contribution in [2.24, 2.45) is 0 Å². The molecule has 19 heavy (non-hydrogen) atoms. The van der Waals surface area contributed by atoms with Crippen molar-refractivity contribution in [2.75, 3.05) is 6.26 Å². The van der Waals surface area contributed by atoms with Crippen LogP contribution in [0.4, 0.5) is 0 Å². The molecule has 1 aromatic rings. The predicted octanol–water partition coefficient (Wildman–Crippen LogP) is 3.55. The third-order valence-electron chi connectivity index (χ3n) is 3.35. The maximum absolute atomic E-state index is 12.4. The molecule has 0 saturated carbocycles. The molecule has 0 bridgehead atoms. The Kier molecular flexibility index (Phi) is 4.43. The van der Waals surface area contributed by atoms with E-state index in [2.05, 4.69) is 0 Å². The summed E-state index contributed by atoms with van der Waals surface area (Å²) in [6.07, 6.45) is 4.79. The number of carboxylic acid groups (broad SMARTS) is 1. The van der Waals surface area contributed by atoms with E-state index < -0.39 is 5.97 Å². The quantitative estimate of drug-likeness (QED) is 0.675. The van der Waals surface area contributed by atoms with Crippen molar-refractivity contribution < 1.29 is 14.7 Å². The topological polar surface area (TPSA) is 54.4 Å². The zero-order chi connectivity index (χ0) is 13.8. The molecule has 1 N–H and O–H groups in total. The van der Waals surface area contributed by atoms with Crippen LogP contribution >= 0.6 is 11.8 Å². The van der Waals surface area contributed by atoms with Crippen molar-refractivity contribution in [2.45, 2.75) is 30.6 Å². The van der Waals surface area contributed by atoms with Crippen LogP contribution in [0.3, 0.4) is 0 Å². The molecule has 0 heterocycles. The van der Waals surface area contributed by atoms with E-state index in [1.54, 1.807) is 23.9 Å². The molecule has 0 aromatic heterocycles. The number of carbonyl (C=O) groups is 2. The second-order valence-corrected chi connectivity index (χ2v) is 5.41. The second kappa shape index (κ2) is 6.06. The standard InChI is InChI=1S/C15H16O3S/c1-19-11-8-6-10(7-9-11)14(16)12-4-2-3-5-13(12)15(17)18/h6-9H,2-5H2,1H3,(H,17,18). The lowest BCUT2D eigenvalue weighted by Gasteiger charge is -2.16. The maximum Gasteiger partial charge on any atom is 0.331 e. The maximum atomic E-state index is 12.4. The first-order chi connectivity index (χ1) is 9.13. The Balaban J connectivity index is 2.33. The summed E-state index contributed by atoms with van der Waals surface area (Å²) < 4.78 is 0. The molecule has 0 saturated heterocycles. The lowest BCUT2D eigenvalue weighted by molar-refractivity contribution is -0.133. The van der Waals surface area contributed by atoms with Gasteiger partial charge in [-0.15, -0.1) is 11.8 Å². The molecule has 1 aliphatic rings. The van der Waals surface area contributed by atoms with Crippen LogP contribution in [0.1, 0.15) is 36.0 Å². The molecule has 0 aliphatic heterocycles. The van der Waals surface area contributed by atoms with Gasteiger partial charge in [0.1, 0.15) is 0 Å². The Labute approximate surface area is 116 Å². The Morgan fingerprint density at radius 3 is 2.16 bits per heavy atom. The molecule has 0 radical (unpaired) electrons. The molecule has 100 valence electrons. The van der Waals surface area contributed by atoms with Gasteiger partial charge in [0, 0.05) is 21.6 Å². The highest BCUT2D eigenvalue weighted by Crippen LogP contribution is 2.28. The molecule has 0 spiro atoms. The number of rotatable bonds is 4. The van der Waals surface area contributed by atoms with Gasteiger partial charge in [0.25, 0.3) is 0 Å². The van der Waals surface area contributed by atoms with Gasteiger partial charge in [-0.1, -0.05) is 0 Å². The number of aliphatic carboxylic acids is 1. The number of hydrogen-bond acceptors (Lipinski definition) is 3. The van der Waals surface area contributed by atoms with Gasteiger partial charge in [-0.25, -0.2) is 4.79 Å². The van der Waals surface area contributed by atoms with Crippen molar-refractivity contribution in [3.05, 3.63) is 41.0 Å².